The minimum Gasteiger partial charge on any atom is -0.385 e. The highest BCUT2D eigenvalue weighted by atomic mass is 79.9. The van der Waals surface area contributed by atoms with E-state index in [0.717, 1.165) is 43.0 Å². The molecule has 1 aliphatic carbocycles. The van der Waals surface area contributed by atoms with Crippen molar-refractivity contribution in [2.75, 3.05) is 6.61 Å². The van der Waals surface area contributed by atoms with Gasteiger partial charge in [0.05, 0.1) is 5.60 Å². The molecule has 1 aromatic carbocycles. The van der Waals surface area contributed by atoms with Crippen molar-refractivity contribution >= 4 is 15.9 Å². The molecule has 0 saturated heterocycles. The predicted molar refractivity (Wildman–Crippen MR) is 81.1 cm³/mol. The first kappa shape index (κ1) is 15.9. The second-order valence-corrected chi connectivity index (χ2v) is 6.40. The maximum absolute atomic E-state index is 14.1. The fraction of sp³-hybridized carbons (Fsp3) is 0.625. The molecule has 0 aliphatic heterocycles. The summed E-state index contributed by atoms with van der Waals surface area (Å²) in [6.45, 7) is 2.46. The standard InChI is InChI=1S/C16H22BrFO2/c1-2-20-16(9-5-3-4-6-10-16)15(19)13-11-12(17)7-8-14(13)18/h7-8,11,15,19H,2-6,9-10H2,1H3. The van der Waals surface area contributed by atoms with Crippen LogP contribution < -0.4 is 0 Å². The lowest BCUT2D eigenvalue weighted by atomic mass is 9.84. The van der Waals surface area contributed by atoms with Crippen molar-refractivity contribution in [2.45, 2.75) is 57.2 Å². The van der Waals surface area contributed by atoms with E-state index < -0.39 is 11.7 Å². The molecule has 0 aromatic heterocycles. The molecular weight excluding hydrogens is 323 g/mol. The van der Waals surface area contributed by atoms with Crippen LogP contribution in [0.1, 0.15) is 57.1 Å². The van der Waals surface area contributed by atoms with Crippen LogP contribution in [0.4, 0.5) is 4.39 Å². The molecule has 0 radical (unpaired) electrons. The Balaban J connectivity index is 2.34. The maximum Gasteiger partial charge on any atom is 0.129 e. The molecule has 1 aromatic rings. The molecule has 1 saturated carbocycles. The Hall–Kier alpha value is -0.450. The van der Waals surface area contributed by atoms with Crippen LogP contribution in [-0.4, -0.2) is 17.3 Å². The van der Waals surface area contributed by atoms with E-state index in [1.54, 1.807) is 12.1 Å². The monoisotopic (exact) mass is 344 g/mol. The second-order valence-electron chi connectivity index (χ2n) is 5.48. The Kier molecular flexibility index (Phi) is 5.58. The van der Waals surface area contributed by atoms with Gasteiger partial charge in [-0.3, -0.25) is 0 Å². The van der Waals surface area contributed by atoms with Gasteiger partial charge in [0.2, 0.25) is 0 Å². The zero-order chi connectivity index (χ0) is 14.6. The van der Waals surface area contributed by atoms with E-state index in [0.29, 0.717) is 12.2 Å². The highest BCUT2D eigenvalue weighted by molar-refractivity contribution is 9.10. The number of rotatable bonds is 4. The molecule has 1 fully saturated rings. The van der Waals surface area contributed by atoms with E-state index in [1.807, 2.05) is 6.92 Å². The van der Waals surface area contributed by atoms with Crippen molar-refractivity contribution in [1.82, 2.24) is 0 Å². The lowest BCUT2D eigenvalue weighted by Crippen LogP contribution is -2.39. The fourth-order valence-electron chi connectivity index (χ4n) is 3.12. The average molecular weight is 345 g/mol. The van der Waals surface area contributed by atoms with Gasteiger partial charge in [-0.25, -0.2) is 4.39 Å². The molecule has 20 heavy (non-hydrogen) atoms. The number of hydrogen-bond acceptors (Lipinski definition) is 2. The molecule has 1 N–H and O–H groups in total. The van der Waals surface area contributed by atoms with Crippen molar-refractivity contribution in [3.05, 3.63) is 34.1 Å². The quantitative estimate of drug-likeness (QED) is 0.798. The largest absolute Gasteiger partial charge is 0.385 e. The summed E-state index contributed by atoms with van der Waals surface area (Å²) < 4.78 is 20.8. The first-order valence-electron chi connectivity index (χ1n) is 7.36. The first-order valence-corrected chi connectivity index (χ1v) is 8.15. The molecule has 1 aliphatic rings. The van der Waals surface area contributed by atoms with E-state index in [2.05, 4.69) is 15.9 Å². The molecule has 0 spiro atoms. The Morgan fingerprint density at radius 3 is 2.55 bits per heavy atom. The van der Waals surface area contributed by atoms with Gasteiger partial charge in [0.15, 0.2) is 0 Å². The van der Waals surface area contributed by atoms with Crippen LogP contribution in [-0.2, 0) is 4.74 Å². The van der Waals surface area contributed by atoms with Gasteiger partial charge in [-0.1, -0.05) is 41.6 Å². The molecule has 1 unspecified atom stereocenters. The second kappa shape index (κ2) is 7.01. The summed E-state index contributed by atoms with van der Waals surface area (Å²) >= 11 is 3.34. The summed E-state index contributed by atoms with van der Waals surface area (Å²) in [5.74, 6) is -0.371. The van der Waals surface area contributed by atoms with Crippen LogP contribution in [0.2, 0.25) is 0 Å². The molecule has 2 rings (SSSR count). The van der Waals surface area contributed by atoms with E-state index in [-0.39, 0.29) is 5.82 Å². The molecular formula is C16H22BrFO2. The normalized spacial score (nSPS) is 20.4. The highest BCUT2D eigenvalue weighted by Crippen LogP contribution is 2.41. The Morgan fingerprint density at radius 2 is 1.95 bits per heavy atom. The van der Waals surface area contributed by atoms with Crippen molar-refractivity contribution < 1.29 is 14.2 Å². The molecule has 4 heteroatoms. The van der Waals surface area contributed by atoms with Crippen LogP contribution >= 0.6 is 15.9 Å². The van der Waals surface area contributed by atoms with E-state index in [4.69, 9.17) is 4.74 Å². The zero-order valence-corrected chi connectivity index (χ0v) is 13.5. The van der Waals surface area contributed by atoms with Gasteiger partial charge in [0.1, 0.15) is 11.9 Å². The van der Waals surface area contributed by atoms with Gasteiger partial charge < -0.3 is 9.84 Å². The number of benzene rings is 1. The number of aliphatic hydroxyl groups excluding tert-OH is 1. The molecule has 0 amide bonds. The summed E-state index contributed by atoms with van der Waals surface area (Å²) in [6.07, 6.45) is 5.00. The fourth-order valence-corrected chi connectivity index (χ4v) is 3.50. The summed E-state index contributed by atoms with van der Waals surface area (Å²) in [5, 5.41) is 10.8. The Morgan fingerprint density at radius 1 is 1.30 bits per heavy atom. The van der Waals surface area contributed by atoms with Crippen molar-refractivity contribution in [2.24, 2.45) is 0 Å². The zero-order valence-electron chi connectivity index (χ0n) is 11.9. The first-order chi connectivity index (χ1) is 9.59. The van der Waals surface area contributed by atoms with E-state index in [1.165, 1.54) is 6.07 Å². The van der Waals surface area contributed by atoms with Gasteiger partial charge in [0, 0.05) is 16.6 Å². The van der Waals surface area contributed by atoms with Crippen LogP contribution in [0, 0.1) is 5.82 Å². The van der Waals surface area contributed by atoms with Crippen LogP contribution in [0.5, 0.6) is 0 Å². The average Bonchev–Trinajstić information content (AvgIpc) is 2.68. The van der Waals surface area contributed by atoms with E-state index >= 15 is 0 Å². The number of aliphatic hydroxyl groups is 1. The molecule has 1 atom stereocenters. The van der Waals surface area contributed by atoms with Crippen molar-refractivity contribution in [3.63, 3.8) is 0 Å². The third-order valence-corrected chi connectivity index (χ3v) is 4.63. The number of ether oxygens (including phenoxy) is 1. The number of hydrogen-bond donors (Lipinski definition) is 1. The van der Waals surface area contributed by atoms with Gasteiger partial charge in [-0.15, -0.1) is 0 Å². The molecule has 0 bridgehead atoms. The van der Waals surface area contributed by atoms with Crippen molar-refractivity contribution in [3.8, 4) is 0 Å². The van der Waals surface area contributed by atoms with Gasteiger partial charge in [-0.05, 0) is 38.0 Å². The van der Waals surface area contributed by atoms with E-state index in [9.17, 15) is 9.50 Å². The Labute approximate surface area is 128 Å². The summed E-state index contributed by atoms with van der Waals surface area (Å²) in [7, 11) is 0. The summed E-state index contributed by atoms with van der Waals surface area (Å²) in [4.78, 5) is 0. The topological polar surface area (TPSA) is 29.5 Å². The molecule has 0 heterocycles. The van der Waals surface area contributed by atoms with Crippen LogP contribution in [0.25, 0.3) is 0 Å². The van der Waals surface area contributed by atoms with Gasteiger partial charge >= 0.3 is 0 Å². The Bertz CT molecular complexity index is 442. The smallest absolute Gasteiger partial charge is 0.129 e. The van der Waals surface area contributed by atoms with Crippen LogP contribution in [0.15, 0.2) is 22.7 Å². The minimum absolute atomic E-state index is 0.328. The number of halogens is 2. The highest BCUT2D eigenvalue weighted by Gasteiger charge is 2.40. The molecule has 2 nitrogen and oxygen atoms in total. The SMILES string of the molecule is CCOC1(C(O)c2cc(Br)ccc2F)CCCCCC1. The maximum atomic E-state index is 14.1. The third-order valence-electron chi connectivity index (χ3n) is 4.13. The van der Waals surface area contributed by atoms with Gasteiger partial charge in [0.25, 0.3) is 0 Å². The summed E-state index contributed by atoms with van der Waals surface area (Å²) in [5.41, 5.74) is -0.317. The summed E-state index contributed by atoms with van der Waals surface area (Å²) in [6, 6.07) is 4.69. The lowest BCUT2D eigenvalue weighted by Gasteiger charge is -2.37. The van der Waals surface area contributed by atoms with Gasteiger partial charge in [-0.2, -0.15) is 0 Å². The van der Waals surface area contributed by atoms with Crippen molar-refractivity contribution in [1.29, 1.82) is 0 Å². The third kappa shape index (κ3) is 3.41. The predicted octanol–water partition coefficient (Wildman–Crippen LogP) is 4.75. The minimum atomic E-state index is -0.918. The lowest BCUT2D eigenvalue weighted by molar-refractivity contribution is -0.132. The van der Waals surface area contributed by atoms with Crippen LogP contribution in [0.3, 0.4) is 0 Å². The molecule has 112 valence electrons.